The van der Waals surface area contributed by atoms with E-state index in [1.54, 1.807) is 24.3 Å². The van der Waals surface area contributed by atoms with Crippen LogP contribution in [0, 0.1) is 11.3 Å². The molecule has 1 amide bonds. The fourth-order valence-corrected chi connectivity index (χ4v) is 2.97. The Morgan fingerprint density at radius 1 is 1.15 bits per heavy atom. The highest BCUT2D eigenvalue weighted by Crippen LogP contribution is 2.25. The zero-order valence-electron chi connectivity index (χ0n) is 14.0. The van der Waals surface area contributed by atoms with Crippen LogP contribution < -0.4 is 10.1 Å². The molecule has 0 aliphatic carbocycles. The van der Waals surface area contributed by atoms with E-state index in [2.05, 4.69) is 10.3 Å². The predicted molar refractivity (Wildman–Crippen MR) is 103 cm³/mol. The van der Waals surface area contributed by atoms with Gasteiger partial charge in [-0.25, -0.2) is 4.98 Å². The summed E-state index contributed by atoms with van der Waals surface area (Å²) in [6, 6.07) is 17.9. The van der Waals surface area contributed by atoms with E-state index in [1.165, 1.54) is 17.4 Å². The van der Waals surface area contributed by atoms with Gasteiger partial charge in [0.2, 0.25) is 0 Å². The van der Waals surface area contributed by atoms with Crippen molar-refractivity contribution in [3.8, 4) is 23.1 Å². The molecule has 0 spiro atoms. The molecule has 0 atom stereocenters. The zero-order chi connectivity index (χ0) is 19.1. The van der Waals surface area contributed by atoms with E-state index < -0.39 is 5.91 Å². The summed E-state index contributed by atoms with van der Waals surface area (Å²) >= 11 is 1.29. The van der Waals surface area contributed by atoms with Gasteiger partial charge in [-0.3, -0.25) is 14.9 Å². The van der Waals surface area contributed by atoms with Crippen LogP contribution in [0.5, 0.6) is 5.75 Å². The van der Waals surface area contributed by atoms with Gasteiger partial charge in [0.05, 0.1) is 5.69 Å². The maximum atomic E-state index is 12.4. The fourth-order valence-electron chi connectivity index (χ4n) is 2.25. The van der Waals surface area contributed by atoms with Crippen molar-refractivity contribution in [3.05, 3.63) is 71.1 Å². The van der Waals surface area contributed by atoms with Crippen molar-refractivity contribution in [2.24, 2.45) is 0 Å². The lowest BCUT2D eigenvalue weighted by molar-refractivity contribution is -0.120. The maximum Gasteiger partial charge on any atom is 0.298 e. The Morgan fingerprint density at radius 2 is 1.89 bits per heavy atom. The van der Waals surface area contributed by atoms with Gasteiger partial charge in [0.1, 0.15) is 17.4 Å². The highest BCUT2D eigenvalue weighted by molar-refractivity contribution is 7.14. The van der Waals surface area contributed by atoms with E-state index in [0.717, 1.165) is 11.3 Å². The summed E-state index contributed by atoms with van der Waals surface area (Å²) in [4.78, 5) is 27.0. The minimum absolute atomic E-state index is 0.0597. The molecule has 6 nitrogen and oxygen atoms in total. The Morgan fingerprint density at radius 3 is 2.56 bits per heavy atom. The molecule has 0 radical (unpaired) electrons. The lowest BCUT2D eigenvalue weighted by Crippen LogP contribution is -2.13. The SMILES string of the molecule is N#C/C(=C\c1ccc(OC=O)cc1)C(=O)Nc1nc(-c2ccccc2)cs1. The molecule has 0 fully saturated rings. The molecule has 7 heteroatoms. The fraction of sp³-hybridized carbons (Fsp3) is 0. The van der Waals surface area contributed by atoms with Crippen LogP contribution >= 0.6 is 11.3 Å². The standard InChI is InChI=1S/C20H13N3O3S/c21-11-16(10-14-6-8-17(9-7-14)26-13-24)19(25)23-20-22-18(12-27-20)15-4-2-1-3-5-15/h1-10,12-13H,(H,22,23,25)/b16-10+. The second-order valence-corrected chi connectivity index (χ2v) is 6.17. The summed E-state index contributed by atoms with van der Waals surface area (Å²) in [5.41, 5.74) is 2.27. The number of nitrogens with one attached hydrogen (secondary N) is 1. The number of aromatic nitrogens is 1. The van der Waals surface area contributed by atoms with Crippen molar-refractivity contribution < 1.29 is 14.3 Å². The molecule has 1 N–H and O–H groups in total. The van der Waals surface area contributed by atoms with Crippen LogP contribution in [0.15, 0.2) is 65.6 Å². The Kier molecular flexibility index (Phi) is 5.72. The third kappa shape index (κ3) is 4.66. The highest BCUT2D eigenvalue weighted by Gasteiger charge is 2.12. The molecule has 2 aromatic carbocycles. The molecule has 0 saturated heterocycles. The van der Waals surface area contributed by atoms with Gasteiger partial charge < -0.3 is 4.74 Å². The molecule has 0 bridgehead atoms. The van der Waals surface area contributed by atoms with Crippen molar-refractivity contribution in [3.63, 3.8) is 0 Å². The molecule has 0 aliphatic rings. The predicted octanol–water partition coefficient (Wildman–Crippen LogP) is 3.89. The van der Waals surface area contributed by atoms with Crippen LogP contribution in [0.3, 0.4) is 0 Å². The number of carbonyl (C=O) groups excluding carboxylic acids is 2. The number of benzene rings is 2. The number of hydrogen-bond donors (Lipinski definition) is 1. The Hall–Kier alpha value is -3.76. The average molecular weight is 375 g/mol. The molecule has 0 saturated carbocycles. The first-order valence-corrected chi connectivity index (χ1v) is 8.72. The summed E-state index contributed by atoms with van der Waals surface area (Å²) in [6.45, 7) is 0.330. The third-order valence-electron chi connectivity index (χ3n) is 3.53. The number of rotatable bonds is 6. The molecule has 3 rings (SSSR count). The van der Waals surface area contributed by atoms with Crippen molar-refractivity contribution >= 4 is 34.9 Å². The van der Waals surface area contributed by atoms with E-state index in [0.29, 0.717) is 22.9 Å². The lowest BCUT2D eigenvalue weighted by atomic mass is 10.1. The molecular formula is C20H13N3O3S. The number of nitrogens with zero attached hydrogens (tertiary/aromatic N) is 2. The first kappa shape index (κ1) is 18.0. The Bertz CT molecular complexity index is 1020. The number of thiazole rings is 1. The second kappa shape index (κ2) is 8.56. The summed E-state index contributed by atoms with van der Waals surface area (Å²) in [5, 5.41) is 14.2. The van der Waals surface area contributed by atoms with Gasteiger partial charge >= 0.3 is 0 Å². The molecule has 1 aromatic heterocycles. The van der Waals surface area contributed by atoms with Crippen molar-refractivity contribution in [1.29, 1.82) is 5.26 Å². The minimum atomic E-state index is -0.542. The quantitative estimate of drug-likeness (QED) is 0.401. The van der Waals surface area contributed by atoms with Crippen LogP contribution in [0.2, 0.25) is 0 Å². The van der Waals surface area contributed by atoms with Crippen LogP contribution in [0.4, 0.5) is 5.13 Å². The number of carbonyl (C=O) groups is 2. The van der Waals surface area contributed by atoms with Crippen LogP contribution in [0.1, 0.15) is 5.56 Å². The molecular weight excluding hydrogens is 362 g/mol. The van der Waals surface area contributed by atoms with Gasteiger partial charge in [-0.1, -0.05) is 42.5 Å². The number of hydrogen-bond acceptors (Lipinski definition) is 6. The Balaban J connectivity index is 1.73. The number of amides is 1. The largest absolute Gasteiger partial charge is 0.429 e. The Labute approximate surface area is 159 Å². The third-order valence-corrected chi connectivity index (χ3v) is 4.29. The van der Waals surface area contributed by atoms with Crippen LogP contribution in [-0.4, -0.2) is 17.4 Å². The van der Waals surface area contributed by atoms with Crippen LogP contribution in [-0.2, 0) is 9.59 Å². The van der Waals surface area contributed by atoms with Gasteiger partial charge in [0.25, 0.3) is 12.4 Å². The van der Waals surface area contributed by atoms with Crippen LogP contribution in [0.25, 0.3) is 17.3 Å². The molecule has 0 unspecified atom stereocenters. The van der Waals surface area contributed by atoms with Crippen molar-refractivity contribution in [2.75, 3.05) is 5.32 Å². The van der Waals surface area contributed by atoms with E-state index in [4.69, 9.17) is 4.74 Å². The summed E-state index contributed by atoms with van der Waals surface area (Å²) < 4.78 is 4.70. The molecule has 3 aromatic rings. The number of anilines is 1. The minimum Gasteiger partial charge on any atom is -0.429 e. The maximum absolute atomic E-state index is 12.4. The summed E-state index contributed by atoms with van der Waals surface area (Å²) in [7, 11) is 0. The second-order valence-electron chi connectivity index (χ2n) is 5.31. The normalized spacial score (nSPS) is 10.7. The van der Waals surface area contributed by atoms with Crippen molar-refractivity contribution in [2.45, 2.75) is 0 Å². The van der Waals surface area contributed by atoms with E-state index >= 15 is 0 Å². The molecule has 27 heavy (non-hydrogen) atoms. The first-order valence-electron chi connectivity index (χ1n) is 7.84. The molecule has 1 heterocycles. The lowest BCUT2D eigenvalue weighted by Gasteiger charge is -2.01. The molecule has 132 valence electrons. The van der Waals surface area contributed by atoms with Gasteiger partial charge in [-0.15, -0.1) is 11.3 Å². The highest BCUT2D eigenvalue weighted by atomic mass is 32.1. The molecule has 0 aliphatic heterocycles. The number of ether oxygens (including phenoxy) is 1. The van der Waals surface area contributed by atoms with Gasteiger partial charge in [0.15, 0.2) is 5.13 Å². The van der Waals surface area contributed by atoms with Crippen molar-refractivity contribution in [1.82, 2.24) is 4.98 Å². The summed E-state index contributed by atoms with van der Waals surface area (Å²) in [6.07, 6.45) is 1.45. The first-order chi connectivity index (χ1) is 13.2. The monoisotopic (exact) mass is 375 g/mol. The van der Waals surface area contributed by atoms with Gasteiger partial charge in [-0.2, -0.15) is 5.26 Å². The van der Waals surface area contributed by atoms with E-state index in [-0.39, 0.29) is 5.57 Å². The van der Waals surface area contributed by atoms with E-state index in [9.17, 15) is 14.9 Å². The smallest absolute Gasteiger partial charge is 0.298 e. The van der Waals surface area contributed by atoms with Gasteiger partial charge in [-0.05, 0) is 23.8 Å². The van der Waals surface area contributed by atoms with Gasteiger partial charge in [0, 0.05) is 10.9 Å². The topological polar surface area (TPSA) is 92.1 Å². The average Bonchev–Trinajstić information content (AvgIpc) is 3.16. The summed E-state index contributed by atoms with van der Waals surface area (Å²) in [5.74, 6) is -0.166. The zero-order valence-corrected chi connectivity index (χ0v) is 14.8. The van der Waals surface area contributed by atoms with E-state index in [1.807, 2.05) is 41.8 Å². The number of nitriles is 1.